The number of anilines is 1. The van der Waals surface area contributed by atoms with E-state index >= 15 is 0 Å². The quantitative estimate of drug-likeness (QED) is 0.831. The van der Waals surface area contributed by atoms with Crippen LogP contribution in [0, 0.1) is 17.0 Å². The van der Waals surface area contributed by atoms with Crippen LogP contribution in [0.5, 0.6) is 0 Å². The van der Waals surface area contributed by atoms with Crippen molar-refractivity contribution < 1.29 is 13.6 Å². The molecule has 0 bridgehead atoms. The molecule has 7 heteroatoms. The summed E-state index contributed by atoms with van der Waals surface area (Å²) in [4.78, 5) is 14.1. The van der Waals surface area contributed by atoms with E-state index in [2.05, 4.69) is 17.6 Å². The zero-order chi connectivity index (χ0) is 16.2. The topological polar surface area (TPSA) is 44.4 Å². The third-order valence-corrected chi connectivity index (χ3v) is 4.10. The molecular formula is C16H24ClF2N3O. The molecule has 130 valence electrons. The molecule has 1 amide bonds. The number of nitrogens with zero attached hydrogens (tertiary/aromatic N) is 1. The van der Waals surface area contributed by atoms with Gasteiger partial charge < -0.3 is 10.6 Å². The number of benzene rings is 1. The van der Waals surface area contributed by atoms with Crippen molar-refractivity contribution in [3.63, 3.8) is 0 Å². The highest BCUT2D eigenvalue weighted by atomic mass is 35.5. The number of hydrogen-bond donors (Lipinski definition) is 2. The molecule has 1 saturated heterocycles. The molecule has 0 saturated carbocycles. The van der Waals surface area contributed by atoms with Crippen LogP contribution < -0.4 is 10.6 Å². The first-order chi connectivity index (χ1) is 10.4. The summed E-state index contributed by atoms with van der Waals surface area (Å²) in [7, 11) is 0. The zero-order valence-corrected chi connectivity index (χ0v) is 14.3. The van der Waals surface area contributed by atoms with Gasteiger partial charge >= 0.3 is 0 Å². The Labute approximate surface area is 142 Å². The summed E-state index contributed by atoms with van der Waals surface area (Å²) >= 11 is 0. The molecule has 1 aliphatic heterocycles. The number of halogens is 3. The molecule has 1 aromatic rings. The Kier molecular flexibility index (Phi) is 7.38. The summed E-state index contributed by atoms with van der Waals surface area (Å²) < 4.78 is 27.1. The molecule has 0 spiro atoms. The molecule has 1 fully saturated rings. The molecule has 23 heavy (non-hydrogen) atoms. The van der Waals surface area contributed by atoms with Gasteiger partial charge in [-0.25, -0.2) is 8.78 Å². The van der Waals surface area contributed by atoms with Crippen LogP contribution in [0.3, 0.4) is 0 Å². The smallest absolute Gasteiger partial charge is 0.238 e. The fourth-order valence-electron chi connectivity index (χ4n) is 2.82. The Hall–Kier alpha value is -1.24. The largest absolute Gasteiger partial charge is 0.320 e. The van der Waals surface area contributed by atoms with Crippen molar-refractivity contribution >= 4 is 24.0 Å². The van der Waals surface area contributed by atoms with Crippen LogP contribution in [0.1, 0.15) is 20.3 Å². The Morgan fingerprint density at radius 3 is 2.57 bits per heavy atom. The summed E-state index contributed by atoms with van der Waals surface area (Å²) in [5, 5.41) is 5.66. The minimum Gasteiger partial charge on any atom is -0.320 e. The number of amides is 1. The number of likely N-dealkylation sites (N-methyl/N-ethyl adjacent to an activating group) is 1. The van der Waals surface area contributed by atoms with Gasteiger partial charge in [-0.3, -0.25) is 9.69 Å². The van der Waals surface area contributed by atoms with Crippen molar-refractivity contribution in [3.05, 3.63) is 29.8 Å². The van der Waals surface area contributed by atoms with E-state index in [4.69, 9.17) is 0 Å². The Bertz CT molecular complexity index is 516. The SMILES string of the molecule is CCN(CC(=O)Nc1c(F)cccc1F)CC1(C)CCNC1.Cl. The molecule has 1 unspecified atom stereocenters. The average Bonchev–Trinajstić information content (AvgIpc) is 2.89. The third kappa shape index (κ3) is 5.41. The van der Waals surface area contributed by atoms with Crippen molar-refractivity contribution in [2.45, 2.75) is 20.3 Å². The Balaban J connectivity index is 0.00000264. The van der Waals surface area contributed by atoms with Crippen LogP contribution in [-0.4, -0.2) is 43.5 Å². The van der Waals surface area contributed by atoms with Gasteiger partial charge in [-0.15, -0.1) is 12.4 Å². The van der Waals surface area contributed by atoms with E-state index in [0.29, 0.717) is 6.54 Å². The Morgan fingerprint density at radius 1 is 1.39 bits per heavy atom. The number of rotatable bonds is 6. The van der Waals surface area contributed by atoms with Crippen LogP contribution in [0.4, 0.5) is 14.5 Å². The van der Waals surface area contributed by atoms with Crippen LogP contribution in [0.2, 0.25) is 0 Å². The van der Waals surface area contributed by atoms with E-state index < -0.39 is 17.5 Å². The molecule has 4 nitrogen and oxygen atoms in total. The number of carbonyl (C=O) groups is 1. The second-order valence-electron chi connectivity index (χ2n) is 6.19. The van der Waals surface area contributed by atoms with Gasteiger partial charge in [0.05, 0.1) is 6.54 Å². The molecule has 0 aromatic heterocycles. The summed E-state index contributed by atoms with van der Waals surface area (Å²) in [5.74, 6) is -1.92. The predicted octanol–water partition coefficient (Wildman–Crippen LogP) is 2.65. The lowest BCUT2D eigenvalue weighted by molar-refractivity contribution is -0.117. The molecule has 0 aliphatic carbocycles. The van der Waals surface area contributed by atoms with E-state index in [9.17, 15) is 13.6 Å². The standard InChI is InChI=1S/C16H23F2N3O.ClH/c1-3-21(11-16(2)7-8-19-10-16)9-14(22)20-15-12(17)5-4-6-13(15)18;/h4-6,19H,3,7-11H2,1-2H3,(H,20,22);1H. The van der Waals surface area contributed by atoms with Gasteiger partial charge in [0.1, 0.15) is 17.3 Å². The summed E-state index contributed by atoms with van der Waals surface area (Å²) in [6, 6.07) is 3.52. The highest BCUT2D eigenvalue weighted by Crippen LogP contribution is 2.25. The van der Waals surface area contributed by atoms with Crippen LogP contribution >= 0.6 is 12.4 Å². The monoisotopic (exact) mass is 347 g/mol. The van der Waals surface area contributed by atoms with Gasteiger partial charge in [-0.2, -0.15) is 0 Å². The minimum absolute atomic E-state index is 0. The normalized spacial score (nSPS) is 20.4. The Morgan fingerprint density at radius 2 is 2.04 bits per heavy atom. The fourth-order valence-corrected chi connectivity index (χ4v) is 2.82. The van der Waals surface area contributed by atoms with Gasteiger partial charge in [0.15, 0.2) is 0 Å². The summed E-state index contributed by atoms with van der Waals surface area (Å²) in [6.45, 7) is 7.69. The zero-order valence-electron chi connectivity index (χ0n) is 13.5. The van der Waals surface area contributed by atoms with E-state index in [0.717, 1.165) is 38.2 Å². The van der Waals surface area contributed by atoms with Crippen molar-refractivity contribution in [1.29, 1.82) is 0 Å². The van der Waals surface area contributed by atoms with Gasteiger partial charge in [-0.1, -0.05) is 19.9 Å². The van der Waals surface area contributed by atoms with E-state index in [1.165, 1.54) is 6.07 Å². The summed E-state index contributed by atoms with van der Waals surface area (Å²) in [5.41, 5.74) is -0.239. The van der Waals surface area contributed by atoms with E-state index in [1.807, 2.05) is 11.8 Å². The van der Waals surface area contributed by atoms with Gasteiger partial charge in [-0.05, 0) is 37.1 Å². The summed E-state index contributed by atoms with van der Waals surface area (Å²) in [6.07, 6.45) is 1.06. The van der Waals surface area contributed by atoms with E-state index in [1.54, 1.807) is 0 Å². The molecule has 1 heterocycles. The average molecular weight is 348 g/mol. The number of nitrogens with one attached hydrogen (secondary N) is 2. The van der Waals surface area contributed by atoms with Crippen molar-refractivity contribution in [2.75, 3.05) is 38.0 Å². The lowest BCUT2D eigenvalue weighted by atomic mass is 9.89. The minimum atomic E-state index is -0.761. The molecule has 1 aromatic carbocycles. The lowest BCUT2D eigenvalue weighted by Gasteiger charge is -2.30. The van der Waals surface area contributed by atoms with Gasteiger partial charge in [0.25, 0.3) is 0 Å². The maximum atomic E-state index is 13.5. The van der Waals surface area contributed by atoms with Crippen LogP contribution in [-0.2, 0) is 4.79 Å². The van der Waals surface area contributed by atoms with Gasteiger partial charge in [0, 0.05) is 13.1 Å². The van der Waals surface area contributed by atoms with Crippen LogP contribution in [0.15, 0.2) is 18.2 Å². The number of para-hydroxylation sites is 1. The molecule has 2 N–H and O–H groups in total. The maximum absolute atomic E-state index is 13.5. The van der Waals surface area contributed by atoms with E-state index in [-0.39, 0.29) is 30.1 Å². The first-order valence-corrected chi connectivity index (χ1v) is 7.60. The highest BCUT2D eigenvalue weighted by Gasteiger charge is 2.30. The molecular weight excluding hydrogens is 324 g/mol. The van der Waals surface area contributed by atoms with Crippen LogP contribution in [0.25, 0.3) is 0 Å². The highest BCUT2D eigenvalue weighted by molar-refractivity contribution is 5.92. The maximum Gasteiger partial charge on any atom is 0.238 e. The molecule has 0 radical (unpaired) electrons. The molecule has 1 aliphatic rings. The fraction of sp³-hybridized carbons (Fsp3) is 0.562. The molecule has 2 rings (SSSR count). The second-order valence-corrected chi connectivity index (χ2v) is 6.19. The lowest BCUT2D eigenvalue weighted by Crippen LogP contribution is -2.41. The third-order valence-electron chi connectivity index (χ3n) is 4.10. The number of hydrogen-bond acceptors (Lipinski definition) is 3. The van der Waals surface area contributed by atoms with Crippen molar-refractivity contribution in [1.82, 2.24) is 10.2 Å². The first-order valence-electron chi connectivity index (χ1n) is 7.60. The van der Waals surface area contributed by atoms with Gasteiger partial charge in [0.2, 0.25) is 5.91 Å². The van der Waals surface area contributed by atoms with Crippen molar-refractivity contribution in [2.24, 2.45) is 5.41 Å². The first kappa shape index (κ1) is 19.8. The predicted molar refractivity (Wildman–Crippen MR) is 89.9 cm³/mol. The molecule has 1 atom stereocenters. The number of carbonyl (C=O) groups excluding carboxylic acids is 1. The van der Waals surface area contributed by atoms with Crippen molar-refractivity contribution in [3.8, 4) is 0 Å². The second kappa shape index (κ2) is 8.57.